The summed E-state index contributed by atoms with van der Waals surface area (Å²) in [5.41, 5.74) is 5.56. The molecule has 0 aliphatic heterocycles. The van der Waals surface area contributed by atoms with E-state index in [0.29, 0.717) is 12.5 Å². The number of amides is 1. The van der Waals surface area contributed by atoms with Crippen LogP contribution < -0.4 is 11.1 Å². The van der Waals surface area contributed by atoms with Gasteiger partial charge < -0.3 is 11.1 Å². The maximum atomic E-state index is 11.6. The number of nitrogens with one attached hydrogen (secondary N) is 1. The van der Waals surface area contributed by atoms with Crippen LogP contribution in [0.3, 0.4) is 0 Å². The van der Waals surface area contributed by atoms with Crippen molar-refractivity contribution >= 4 is 28.3 Å². The van der Waals surface area contributed by atoms with Gasteiger partial charge in [0, 0.05) is 19.6 Å². The van der Waals surface area contributed by atoms with Crippen LogP contribution in [0.5, 0.6) is 0 Å². The Labute approximate surface area is 115 Å². The molecule has 3 N–H and O–H groups in total. The maximum absolute atomic E-state index is 11.6. The Kier molecular flexibility index (Phi) is 7.13. The Morgan fingerprint density at radius 3 is 2.44 bits per heavy atom. The summed E-state index contributed by atoms with van der Waals surface area (Å²) in [7, 11) is -1.89. The molecule has 1 amide bonds. The predicted octanol–water partition coefficient (Wildman–Crippen LogP) is -0.457. The summed E-state index contributed by atoms with van der Waals surface area (Å²) >= 11 is 0. The maximum Gasteiger partial charge on any atom is 0.235 e. The fourth-order valence-corrected chi connectivity index (χ4v) is 2.40. The van der Waals surface area contributed by atoms with Crippen molar-refractivity contribution in [2.75, 3.05) is 25.9 Å². The Bertz CT molecular complexity index is 371. The lowest BCUT2D eigenvalue weighted by atomic mass is 10.2. The Morgan fingerprint density at radius 1 is 1.50 bits per heavy atom. The zero-order valence-corrected chi connectivity index (χ0v) is 12.4. The highest BCUT2D eigenvalue weighted by Crippen LogP contribution is 2.32. The number of sulfonamides is 1. The van der Waals surface area contributed by atoms with Crippen molar-refractivity contribution in [2.45, 2.75) is 25.8 Å². The van der Waals surface area contributed by atoms with Crippen molar-refractivity contribution in [3.63, 3.8) is 0 Å². The van der Waals surface area contributed by atoms with Crippen LogP contribution in [0.25, 0.3) is 0 Å². The summed E-state index contributed by atoms with van der Waals surface area (Å²) < 4.78 is 24.0. The van der Waals surface area contributed by atoms with Crippen molar-refractivity contribution in [3.05, 3.63) is 0 Å². The Hall–Kier alpha value is -0.370. The highest BCUT2D eigenvalue weighted by atomic mass is 35.5. The molecule has 1 aliphatic carbocycles. The number of nitrogens with two attached hydrogens (primary N) is 1. The quantitative estimate of drug-likeness (QED) is 0.665. The first kappa shape index (κ1) is 17.6. The van der Waals surface area contributed by atoms with E-state index in [-0.39, 0.29) is 36.7 Å². The molecule has 1 atom stereocenters. The second-order valence-corrected chi connectivity index (χ2v) is 6.77. The highest BCUT2D eigenvalue weighted by Gasteiger charge is 2.31. The molecule has 0 aromatic heterocycles. The monoisotopic (exact) mass is 299 g/mol. The van der Waals surface area contributed by atoms with Gasteiger partial charge in [0.1, 0.15) is 0 Å². The summed E-state index contributed by atoms with van der Waals surface area (Å²) in [4.78, 5) is 11.6. The van der Waals surface area contributed by atoms with Gasteiger partial charge in [-0.1, -0.05) is 0 Å². The third-order valence-electron chi connectivity index (χ3n) is 3.00. The van der Waals surface area contributed by atoms with E-state index in [0.717, 1.165) is 17.1 Å². The standard InChI is InChI=1S/C10H21N3O3S.ClH/c1-3-17(15,16)13(2)7-10(14)12-9(6-11)8-4-5-8;/h8-9H,3-7,11H2,1-2H3,(H,12,14);1H. The average Bonchev–Trinajstić information content (AvgIpc) is 3.09. The van der Waals surface area contributed by atoms with Gasteiger partial charge in [-0.05, 0) is 25.7 Å². The van der Waals surface area contributed by atoms with Gasteiger partial charge in [0.25, 0.3) is 0 Å². The molecule has 108 valence electrons. The van der Waals surface area contributed by atoms with Crippen molar-refractivity contribution in [3.8, 4) is 0 Å². The lowest BCUT2D eigenvalue weighted by Crippen LogP contribution is -2.46. The van der Waals surface area contributed by atoms with Gasteiger partial charge in [-0.3, -0.25) is 4.79 Å². The molecule has 0 saturated heterocycles. The van der Waals surface area contributed by atoms with Crippen molar-refractivity contribution in [2.24, 2.45) is 11.7 Å². The topological polar surface area (TPSA) is 92.5 Å². The Morgan fingerprint density at radius 2 is 2.06 bits per heavy atom. The highest BCUT2D eigenvalue weighted by molar-refractivity contribution is 7.89. The molecule has 8 heteroatoms. The van der Waals surface area contributed by atoms with E-state index in [1.165, 1.54) is 7.05 Å². The smallest absolute Gasteiger partial charge is 0.235 e. The molecular formula is C10H22ClN3O3S. The number of hydrogen-bond donors (Lipinski definition) is 2. The lowest BCUT2D eigenvalue weighted by Gasteiger charge is -2.19. The number of carbonyl (C=O) groups is 1. The molecule has 18 heavy (non-hydrogen) atoms. The largest absolute Gasteiger partial charge is 0.351 e. The lowest BCUT2D eigenvalue weighted by molar-refractivity contribution is -0.121. The summed E-state index contributed by atoms with van der Waals surface area (Å²) in [6.45, 7) is 1.82. The molecule has 0 aromatic rings. The van der Waals surface area contributed by atoms with E-state index in [9.17, 15) is 13.2 Å². The van der Waals surface area contributed by atoms with Gasteiger partial charge in [0.15, 0.2) is 0 Å². The van der Waals surface area contributed by atoms with Gasteiger partial charge >= 0.3 is 0 Å². The zero-order valence-electron chi connectivity index (χ0n) is 10.8. The molecule has 0 aromatic carbocycles. The number of halogens is 1. The zero-order chi connectivity index (χ0) is 13.1. The van der Waals surface area contributed by atoms with E-state index >= 15 is 0 Å². The fraction of sp³-hybridized carbons (Fsp3) is 0.900. The molecule has 1 saturated carbocycles. The SMILES string of the molecule is CCS(=O)(=O)N(C)CC(=O)NC(CN)C1CC1.Cl. The van der Waals surface area contributed by atoms with Crippen LogP contribution in [0.2, 0.25) is 0 Å². The number of hydrogen-bond acceptors (Lipinski definition) is 4. The molecule has 0 spiro atoms. The van der Waals surface area contributed by atoms with Crippen LogP contribution >= 0.6 is 12.4 Å². The van der Waals surface area contributed by atoms with Crippen LogP contribution in [0.1, 0.15) is 19.8 Å². The van der Waals surface area contributed by atoms with Crippen LogP contribution in [0.15, 0.2) is 0 Å². The molecule has 1 fully saturated rings. The average molecular weight is 300 g/mol. The molecule has 0 bridgehead atoms. The number of nitrogens with zero attached hydrogens (tertiary/aromatic N) is 1. The van der Waals surface area contributed by atoms with Crippen LogP contribution in [-0.2, 0) is 14.8 Å². The summed E-state index contributed by atoms with van der Waals surface area (Å²) in [6, 6.07) is -0.0137. The van der Waals surface area contributed by atoms with Crippen LogP contribution in [-0.4, -0.2) is 50.6 Å². The number of carbonyl (C=O) groups excluding carboxylic acids is 1. The molecule has 6 nitrogen and oxygen atoms in total. The predicted molar refractivity (Wildman–Crippen MR) is 73.0 cm³/mol. The van der Waals surface area contributed by atoms with E-state index in [1.54, 1.807) is 6.92 Å². The van der Waals surface area contributed by atoms with Gasteiger partial charge in [-0.25, -0.2) is 8.42 Å². The van der Waals surface area contributed by atoms with E-state index in [4.69, 9.17) is 5.73 Å². The van der Waals surface area contributed by atoms with Crippen molar-refractivity contribution < 1.29 is 13.2 Å². The van der Waals surface area contributed by atoms with Gasteiger partial charge in [0.05, 0.1) is 12.3 Å². The second-order valence-electron chi connectivity index (χ2n) is 4.40. The molecule has 1 aliphatic rings. The van der Waals surface area contributed by atoms with Crippen molar-refractivity contribution in [1.82, 2.24) is 9.62 Å². The first-order chi connectivity index (χ1) is 7.90. The summed E-state index contributed by atoms with van der Waals surface area (Å²) in [6.07, 6.45) is 2.18. The minimum Gasteiger partial charge on any atom is -0.351 e. The van der Waals surface area contributed by atoms with Crippen LogP contribution in [0.4, 0.5) is 0 Å². The summed E-state index contributed by atoms with van der Waals surface area (Å²) in [5.74, 6) is 0.184. The minimum atomic E-state index is -3.30. The minimum absolute atomic E-state index is 0. The van der Waals surface area contributed by atoms with E-state index < -0.39 is 10.0 Å². The number of likely N-dealkylation sites (N-methyl/N-ethyl adjacent to an activating group) is 1. The first-order valence-corrected chi connectivity index (χ1v) is 7.45. The first-order valence-electron chi connectivity index (χ1n) is 5.84. The molecule has 0 radical (unpaired) electrons. The second kappa shape index (κ2) is 7.28. The van der Waals surface area contributed by atoms with Gasteiger partial charge in [0.2, 0.25) is 15.9 Å². The van der Waals surface area contributed by atoms with Crippen molar-refractivity contribution in [1.29, 1.82) is 0 Å². The van der Waals surface area contributed by atoms with Crippen LogP contribution in [0, 0.1) is 5.92 Å². The fourth-order valence-electron chi connectivity index (χ4n) is 1.64. The van der Waals surface area contributed by atoms with Gasteiger partial charge in [-0.15, -0.1) is 12.4 Å². The third kappa shape index (κ3) is 5.09. The molecule has 1 rings (SSSR count). The number of rotatable bonds is 7. The van der Waals surface area contributed by atoms with E-state index in [1.807, 2.05) is 0 Å². The molecule has 0 heterocycles. The van der Waals surface area contributed by atoms with E-state index in [2.05, 4.69) is 5.32 Å². The van der Waals surface area contributed by atoms with Gasteiger partial charge in [-0.2, -0.15) is 4.31 Å². The third-order valence-corrected chi connectivity index (χ3v) is 4.81. The molecule has 1 unspecified atom stereocenters. The molecular weight excluding hydrogens is 278 g/mol. The normalized spacial score (nSPS) is 17.1. The summed E-state index contributed by atoms with van der Waals surface area (Å²) in [5, 5.41) is 2.79. The Balaban J connectivity index is 0.00000289.